The summed E-state index contributed by atoms with van der Waals surface area (Å²) in [5.74, 6) is -0.212. The van der Waals surface area contributed by atoms with E-state index in [2.05, 4.69) is 15.9 Å². The topological polar surface area (TPSA) is 34.1 Å². The first kappa shape index (κ1) is 13.0. The summed E-state index contributed by atoms with van der Waals surface area (Å²) in [7, 11) is 0. The van der Waals surface area contributed by atoms with Crippen LogP contribution < -0.4 is 0 Å². The predicted octanol–water partition coefficient (Wildman–Crippen LogP) is 4.15. The lowest BCUT2D eigenvalue weighted by Crippen LogP contribution is -2.04. The Bertz CT molecular complexity index is 623. The molecule has 0 N–H and O–H groups in total. The Kier molecular flexibility index (Phi) is 3.94. The molecule has 4 heteroatoms. The van der Waals surface area contributed by atoms with Gasteiger partial charge in [0.15, 0.2) is 12.1 Å². The van der Waals surface area contributed by atoms with Crippen LogP contribution in [0.2, 0.25) is 5.02 Å². The van der Waals surface area contributed by atoms with E-state index in [0.717, 1.165) is 0 Å². The van der Waals surface area contributed by atoms with Gasteiger partial charge in [-0.25, -0.2) is 0 Å². The molecule has 0 aliphatic carbocycles. The number of hydrogen-bond acceptors (Lipinski definition) is 2. The molecule has 0 aliphatic heterocycles. The van der Waals surface area contributed by atoms with E-state index in [9.17, 15) is 9.59 Å². The molecular weight excluding hydrogens is 316 g/mol. The Morgan fingerprint density at radius 3 is 2.39 bits per heavy atom. The van der Waals surface area contributed by atoms with Gasteiger partial charge < -0.3 is 0 Å². The molecule has 2 aromatic carbocycles. The number of carbonyl (C=O) groups is 2. The van der Waals surface area contributed by atoms with Crippen LogP contribution in [0.25, 0.3) is 0 Å². The van der Waals surface area contributed by atoms with Crippen LogP contribution in [-0.4, -0.2) is 12.1 Å². The average Bonchev–Trinajstić information content (AvgIpc) is 2.39. The summed E-state index contributed by atoms with van der Waals surface area (Å²) in [4.78, 5) is 23.2. The maximum Gasteiger partial charge on any atom is 0.195 e. The zero-order valence-electron chi connectivity index (χ0n) is 9.19. The quantitative estimate of drug-likeness (QED) is 0.628. The Balaban J connectivity index is 2.54. The molecule has 2 rings (SSSR count). The van der Waals surface area contributed by atoms with E-state index < -0.39 is 0 Å². The maximum atomic E-state index is 12.3. The predicted molar refractivity (Wildman–Crippen MR) is 74.4 cm³/mol. The van der Waals surface area contributed by atoms with Crippen molar-refractivity contribution < 1.29 is 9.59 Å². The van der Waals surface area contributed by atoms with Crippen LogP contribution in [0.3, 0.4) is 0 Å². The number of ketones is 1. The van der Waals surface area contributed by atoms with Crippen LogP contribution in [0.1, 0.15) is 26.3 Å². The SMILES string of the molecule is O=Cc1cccc(C(=O)c2ccccc2Cl)c1Br. The fraction of sp³-hybridized carbons (Fsp3) is 0. The third-order valence-electron chi connectivity index (χ3n) is 2.52. The summed E-state index contributed by atoms with van der Waals surface area (Å²) in [6.45, 7) is 0. The van der Waals surface area contributed by atoms with E-state index in [1.807, 2.05) is 0 Å². The molecule has 0 aromatic heterocycles. The smallest absolute Gasteiger partial charge is 0.195 e. The molecule has 18 heavy (non-hydrogen) atoms. The van der Waals surface area contributed by atoms with Gasteiger partial charge in [-0.15, -0.1) is 0 Å². The zero-order valence-corrected chi connectivity index (χ0v) is 11.5. The van der Waals surface area contributed by atoms with Gasteiger partial charge in [0.1, 0.15) is 0 Å². The summed E-state index contributed by atoms with van der Waals surface area (Å²) < 4.78 is 0.491. The average molecular weight is 324 g/mol. The fourth-order valence-corrected chi connectivity index (χ4v) is 2.37. The van der Waals surface area contributed by atoms with Gasteiger partial charge in [0.25, 0.3) is 0 Å². The second kappa shape index (κ2) is 5.46. The highest BCUT2D eigenvalue weighted by Crippen LogP contribution is 2.26. The van der Waals surface area contributed by atoms with Gasteiger partial charge in [-0.1, -0.05) is 35.9 Å². The van der Waals surface area contributed by atoms with Crippen LogP contribution in [0.15, 0.2) is 46.9 Å². The van der Waals surface area contributed by atoms with Crippen LogP contribution in [-0.2, 0) is 0 Å². The minimum atomic E-state index is -0.212. The lowest BCUT2D eigenvalue weighted by Gasteiger charge is -2.06. The molecule has 0 aliphatic rings. The van der Waals surface area contributed by atoms with E-state index in [4.69, 9.17) is 11.6 Å². The fourth-order valence-electron chi connectivity index (χ4n) is 1.61. The Labute approximate surface area is 118 Å². The molecule has 0 saturated heterocycles. The van der Waals surface area contributed by atoms with Gasteiger partial charge in [-0.05, 0) is 34.1 Å². The van der Waals surface area contributed by atoms with Crippen molar-refractivity contribution in [1.82, 2.24) is 0 Å². The van der Waals surface area contributed by atoms with Crippen molar-refractivity contribution in [3.63, 3.8) is 0 Å². The van der Waals surface area contributed by atoms with Crippen LogP contribution in [0.4, 0.5) is 0 Å². The molecule has 90 valence electrons. The maximum absolute atomic E-state index is 12.3. The van der Waals surface area contributed by atoms with E-state index >= 15 is 0 Å². The Hall–Kier alpha value is -1.45. The van der Waals surface area contributed by atoms with Gasteiger partial charge >= 0.3 is 0 Å². The minimum Gasteiger partial charge on any atom is -0.298 e. The van der Waals surface area contributed by atoms with E-state index in [0.29, 0.717) is 32.5 Å². The molecule has 0 saturated carbocycles. The van der Waals surface area contributed by atoms with Crippen molar-refractivity contribution in [1.29, 1.82) is 0 Å². The number of rotatable bonds is 3. The van der Waals surface area contributed by atoms with Crippen molar-refractivity contribution in [3.05, 3.63) is 68.7 Å². The van der Waals surface area contributed by atoms with Crippen molar-refractivity contribution in [3.8, 4) is 0 Å². The van der Waals surface area contributed by atoms with Crippen LogP contribution >= 0.6 is 27.5 Å². The molecule has 0 amide bonds. The van der Waals surface area contributed by atoms with Gasteiger partial charge in [-0.3, -0.25) is 9.59 Å². The highest BCUT2D eigenvalue weighted by atomic mass is 79.9. The van der Waals surface area contributed by atoms with Crippen molar-refractivity contribution >= 4 is 39.6 Å². The van der Waals surface area contributed by atoms with Gasteiger partial charge in [0.2, 0.25) is 0 Å². The van der Waals surface area contributed by atoms with Gasteiger partial charge in [0, 0.05) is 21.2 Å². The lowest BCUT2D eigenvalue weighted by atomic mass is 10.0. The minimum absolute atomic E-state index is 0.212. The van der Waals surface area contributed by atoms with Crippen molar-refractivity contribution in [2.24, 2.45) is 0 Å². The van der Waals surface area contributed by atoms with Gasteiger partial charge in [0.05, 0.1) is 5.02 Å². The first-order valence-corrected chi connectivity index (χ1v) is 6.35. The molecular formula is C14H8BrClO2. The third-order valence-corrected chi connectivity index (χ3v) is 3.73. The van der Waals surface area contributed by atoms with E-state index in [1.54, 1.807) is 42.5 Å². The largest absolute Gasteiger partial charge is 0.298 e. The summed E-state index contributed by atoms with van der Waals surface area (Å²) in [5.41, 5.74) is 1.28. The van der Waals surface area contributed by atoms with Crippen molar-refractivity contribution in [2.75, 3.05) is 0 Å². The van der Waals surface area contributed by atoms with E-state index in [1.165, 1.54) is 0 Å². The first-order valence-electron chi connectivity index (χ1n) is 5.18. The molecule has 0 bridgehead atoms. The van der Waals surface area contributed by atoms with Crippen LogP contribution in [0, 0.1) is 0 Å². The first-order chi connectivity index (χ1) is 8.65. The summed E-state index contributed by atoms with van der Waals surface area (Å²) in [5, 5.41) is 0.394. The molecule has 0 heterocycles. The number of halogens is 2. The van der Waals surface area contributed by atoms with Gasteiger partial charge in [-0.2, -0.15) is 0 Å². The number of aldehydes is 1. The van der Waals surface area contributed by atoms with Crippen LogP contribution in [0.5, 0.6) is 0 Å². The third kappa shape index (κ3) is 2.37. The zero-order chi connectivity index (χ0) is 13.1. The Morgan fingerprint density at radius 2 is 1.72 bits per heavy atom. The molecule has 0 atom stereocenters. The Morgan fingerprint density at radius 1 is 1.06 bits per heavy atom. The molecule has 2 nitrogen and oxygen atoms in total. The molecule has 0 spiro atoms. The van der Waals surface area contributed by atoms with E-state index in [-0.39, 0.29) is 5.78 Å². The highest BCUT2D eigenvalue weighted by molar-refractivity contribution is 9.10. The second-order valence-corrected chi connectivity index (χ2v) is 4.84. The number of benzene rings is 2. The molecule has 0 fully saturated rings. The van der Waals surface area contributed by atoms with Crippen molar-refractivity contribution in [2.45, 2.75) is 0 Å². The summed E-state index contributed by atoms with van der Waals surface area (Å²) in [6, 6.07) is 11.8. The summed E-state index contributed by atoms with van der Waals surface area (Å²) in [6.07, 6.45) is 0.702. The normalized spacial score (nSPS) is 10.1. The molecule has 0 radical (unpaired) electrons. The monoisotopic (exact) mass is 322 g/mol. The molecule has 2 aromatic rings. The second-order valence-electron chi connectivity index (χ2n) is 3.64. The number of hydrogen-bond donors (Lipinski definition) is 0. The summed E-state index contributed by atoms with van der Waals surface area (Å²) >= 11 is 9.26. The standard InChI is InChI=1S/C14H8BrClO2/c15-13-9(8-17)4-3-6-11(13)14(18)10-5-1-2-7-12(10)16/h1-8H. The lowest BCUT2D eigenvalue weighted by molar-refractivity contribution is 0.103. The number of carbonyl (C=O) groups excluding carboxylic acids is 2. The molecule has 0 unspecified atom stereocenters. The highest BCUT2D eigenvalue weighted by Gasteiger charge is 2.16.